The molecule has 1 fully saturated rings. The maximum atomic E-state index is 12.2. The van der Waals surface area contributed by atoms with Crippen LogP contribution in [0.4, 0.5) is 0 Å². The first kappa shape index (κ1) is 14.4. The lowest BCUT2D eigenvalue weighted by Gasteiger charge is -2.44. The average Bonchev–Trinajstić information content (AvgIpc) is 3.10. The Morgan fingerprint density at radius 1 is 1.52 bits per heavy atom. The maximum Gasteiger partial charge on any atom is 0.352 e. The molecule has 0 bridgehead atoms. The Labute approximate surface area is 135 Å². The van der Waals surface area contributed by atoms with Crippen molar-refractivity contribution in [3.63, 3.8) is 0 Å². The number of carboxylic acid groups (broad SMARTS) is 1. The van der Waals surface area contributed by atoms with Crippen molar-refractivity contribution < 1.29 is 19.8 Å². The topological polar surface area (TPSA) is 95.1 Å². The van der Waals surface area contributed by atoms with Gasteiger partial charge in [-0.15, -0.1) is 11.3 Å². The summed E-state index contributed by atoms with van der Waals surface area (Å²) in [6.07, 6.45) is 3.23. The van der Waals surface area contributed by atoms with Crippen LogP contribution in [0.1, 0.15) is 23.9 Å². The number of thiazole rings is 1. The zero-order valence-electron chi connectivity index (χ0n) is 12.6. The number of hydrogen-bond acceptors (Lipinski definition) is 5. The van der Waals surface area contributed by atoms with Gasteiger partial charge in [-0.1, -0.05) is 0 Å². The maximum absolute atomic E-state index is 12.2. The van der Waals surface area contributed by atoms with E-state index in [1.165, 1.54) is 16.2 Å². The number of aryl methyl sites for hydroxylation is 1. The van der Waals surface area contributed by atoms with Gasteiger partial charge in [0.05, 0.1) is 28.6 Å². The number of aromatic nitrogens is 2. The molecule has 0 saturated carbocycles. The second kappa shape index (κ2) is 4.65. The van der Waals surface area contributed by atoms with Crippen molar-refractivity contribution >= 4 is 33.6 Å². The minimum absolute atomic E-state index is 0.0482. The number of fused-ring (bicyclic) bond motifs is 2. The van der Waals surface area contributed by atoms with Gasteiger partial charge >= 0.3 is 5.97 Å². The van der Waals surface area contributed by atoms with Crippen molar-refractivity contribution in [2.75, 3.05) is 0 Å². The van der Waals surface area contributed by atoms with Crippen LogP contribution in [0.3, 0.4) is 0 Å². The summed E-state index contributed by atoms with van der Waals surface area (Å²) in [6.45, 7) is 3.47. The number of imidazole rings is 1. The minimum atomic E-state index is -1.10. The van der Waals surface area contributed by atoms with Crippen LogP contribution in [0.15, 0.2) is 18.2 Å². The van der Waals surface area contributed by atoms with Gasteiger partial charge in [-0.2, -0.15) is 0 Å². The first-order valence-corrected chi connectivity index (χ1v) is 8.13. The SMILES string of the molecule is Cc1ncn2cc(C3=C(C(=O)O)N4C(=O)[C@H]([C@@H](C)O)[C@H]4C3)sc12. The first-order valence-electron chi connectivity index (χ1n) is 7.31. The molecule has 0 radical (unpaired) electrons. The number of nitrogens with zero attached hydrogens (tertiary/aromatic N) is 3. The van der Waals surface area contributed by atoms with E-state index in [2.05, 4.69) is 4.98 Å². The molecule has 120 valence electrons. The summed E-state index contributed by atoms with van der Waals surface area (Å²) < 4.78 is 1.87. The molecule has 2 aliphatic heterocycles. The Balaban J connectivity index is 1.80. The number of aliphatic hydroxyl groups excluding tert-OH is 1. The molecule has 0 unspecified atom stereocenters. The fourth-order valence-corrected chi connectivity index (χ4v) is 4.63. The minimum Gasteiger partial charge on any atom is -0.477 e. The molecule has 0 aliphatic carbocycles. The Kier molecular flexibility index (Phi) is 2.91. The van der Waals surface area contributed by atoms with E-state index in [1.807, 2.05) is 17.5 Å². The van der Waals surface area contributed by atoms with E-state index in [4.69, 9.17) is 0 Å². The number of aliphatic carboxylic acids is 1. The predicted molar refractivity (Wildman–Crippen MR) is 82.8 cm³/mol. The predicted octanol–water partition coefficient (Wildman–Crippen LogP) is 1.11. The van der Waals surface area contributed by atoms with Crippen LogP contribution in [0.2, 0.25) is 0 Å². The molecule has 2 aliphatic rings. The second-order valence-corrected chi connectivity index (χ2v) is 7.05. The van der Waals surface area contributed by atoms with E-state index in [0.29, 0.717) is 12.0 Å². The van der Waals surface area contributed by atoms with Crippen LogP contribution in [0.25, 0.3) is 10.4 Å². The number of β-lactam (4-membered cyclic amide) rings is 1. The molecule has 0 aromatic carbocycles. The first-order chi connectivity index (χ1) is 10.9. The summed E-state index contributed by atoms with van der Waals surface area (Å²) in [6, 6.07) is -0.260. The summed E-state index contributed by atoms with van der Waals surface area (Å²) in [4.78, 5) is 31.2. The van der Waals surface area contributed by atoms with Crippen molar-refractivity contribution in [1.29, 1.82) is 0 Å². The van der Waals surface area contributed by atoms with Crippen molar-refractivity contribution in [2.24, 2.45) is 5.92 Å². The lowest BCUT2D eigenvalue weighted by Crippen LogP contribution is -2.61. The second-order valence-electron chi connectivity index (χ2n) is 6.02. The van der Waals surface area contributed by atoms with Gasteiger partial charge in [0.25, 0.3) is 0 Å². The molecule has 23 heavy (non-hydrogen) atoms. The number of hydrogen-bond donors (Lipinski definition) is 2. The van der Waals surface area contributed by atoms with Gasteiger partial charge in [0, 0.05) is 11.8 Å². The number of carbonyl (C=O) groups is 2. The lowest BCUT2D eigenvalue weighted by atomic mass is 9.83. The molecule has 3 atom stereocenters. The van der Waals surface area contributed by atoms with E-state index in [9.17, 15) is 19.8 Å². The van der Waals surface area contributed by atoms with Crippen LogP contribution in [0.5, 0.6) is 0 Å². The molecule has 8 heteroatoms. The quantitative estimate of drug-likeness (QED) is 0.821. The summed E-state index contributed by atoms with van der Waals surface area (Å²) in [7, 11) is 0. The van der Waals surface area contributed by atoms with Crippen LogP contribution in [0, 0.1) is 12.8 Å². The third-order valence-corrected chi connectivity index (χ3v) is 5.88. The highest BCUT2D eigenvalue weighted by Crippen LogP contribution is 2.48. The van der Waals surface area contributed by atoms with Crippen molar-refractivity contribution in [1.82, 2.24) is 14.3 Å². The third kappa shape index (κ3) is 1.82. The Morgan fingerprint density at radius 3 is 2.87 bits per heavy atom. The van der Waals surface area contributed by atoms with Gasteiger partial charge in [-0.3, -0.25) is 9.20 Å². The van der Waals surface area contributed by atoms with Crippen molar-refractivity contribution in [3.05, 3.63) is 28.8 Å². The van der Waals surface area contributed by atoms with E-state index in [0.717, 1.165) is 15.4 Å². The van der Waals surface area contributed by atoms with Crippen LogP contribution in [-0.4, -0.2) is 48.5 Å². The van der Waals surface area contributed by atoms with E-state index in [-0.39, 0.29) is 17.6 Å². The van der Waals surface area contributed by atoms with Crippen LogP contribution < -0.4 is 0 Å². The molecule has 7 nitrogen and oxygen atoms in total. The highest BCUT2D eigenvalue weighted by molar-refractivity contribution is 7.18. The van der Waals surface area contributed by atoms with Crippen molar-refractivity contribution in [2.45, 2.75) is 32.4 Å². The fraction of sp³-hybridized carbons (Fsp3) is 0.400. The van der Waals surface area contributed by atoms with Gasteiger partial charge < -0.3 is 15.1 Å². The zero-order chi connectivity index (χ0) is 16.5. The summed E-state index contributed by atoms with van der Waals surface area (Å²) in [5.74, 6) is -1.93. The van der Waals surface area contributed by atoms with Gasteiger partial charge in [-0.05, 0) is 20.3 Å². The van der Waals surface area contributed by atoms with Gasteiger partial charge in [0.15, 0.2) is 0 Å². The van der Waals surface area contributed by atoms with E-state index < -0.39 is 18.0 Å². The molecule has 0 spiro atoms. The number of aliphatic hydroxyl groups is 1. The Hall–Kier alpha value is -2.19. The molecule has 2 N–H and O–H groups in total. The molecule has 1 saturated heterocycles. The Bertz CT molecular complexity index is 879. The molecule has 2 aromatic heterocycles. The van der Waals surface area contributed by atoms with Gasteiger partial charge in [0.2, 0.25) is 5.91 Å². The molecular formula is C15H15N3O4S. The molecule has 4 rings (SSSR count). The molecule has 4 heterocycles. The molecule has 1 amide bonds. The summed E-state index contributed by atoms with van der Waals surface area (Å²) >= 11 is 1.47. The highest BCUT2D eigenvalue weighted by Gasteiger charge is 2.56. The van der Waals surface area contributed by atoms with Gasteiger partial charge in [-0.25, -0.2) is 9.78 Å². The largest absolute Gasteiger partial charge is 0.477 e. The van der Waals surface area contributed by atoms with Crippen LogP contribution >= 0.6 is 11.3 Å². The monoisotopic (exact) mass is 333 g/mol. The third-order valence-electron chi connectivity index (χ3n) is 4.61. The van der Waals surface area contributed by atoms with E-state index >= 15 is 0 Å². The number of rotatable bonds is 3. The zero-order valence-corrected chi connectivity index (χ0v) is 13.4. The number of carbonyl (C=O) groups excluding carboxylic acids is 1. The Morgan fingerprint density at radius 2 is 2.26 bits per heavy atom. The summed E-state index contributed by atoms with van der Waals surface area (Å²) in [5, 5.41) is 19.3. The average molecular weight is 333 g/mol. The smallest absolute Gasteiger partial charge is 0.352 e. The summed E-state index contributed by atoms with van der Waals surface area (Å²) in [5.41, 5.74) is 1.59. The van der Waals surface area contributed by atoms with Crippen LogP contribution in [-0.2, 0) is 9.59 Å². The van der Waals surface area contributed by atoms with Gasteiger partial charge in [0.1, 0.15) is 16.9 Å². The molecular weight excluding hydrogens is 318 g/mol. The highest BCUT2D eigenvalue weighted by atomic mass is 32.1. The number of amides is 1. The normalized spacial score (nSPS) is 25.0. The van der Waals surface area contributed by atoms with E-state index in [1.54, 1.807) is 13.3 Å². The molecule has 2 aromatic rings. The van der Waals surface area contributed by atoms with Crippen molar-refractivity contribution in [3.8, 4) is 0 Å². The standard InChI is InChI=1S/C15H15N3O4S/c1-6-14-17(5-16-6)4-10(23-14)8-3-9-11(7(2)19)13(20)18(9)12(8)15(21)22/h4-5,7,9,11,19H,3H2,1-2H3,(H,21,22)/t7-,9-,11-/m1/s1. The fourth-order valence-electron chi connectivity index (χ4n) is 3.55. The lowest BCUT2D eigenvalue weighted by molar-refractivity contribution is -0.161. The number of carboxylic acids is 1.